The van der Waals surface area contributed by atoms with Gasteiger partial charge in [-0.05, 0) is 43.7 Å². The Morgan fingerprint density at radius 3 is 2.84 bits per heavy atom. The number of benzene rings is 1. The van der Waals surface area contributed by atoms with Gasteiger partial charge in [-0.3, -0.25) is 9.59 Å². The van der Waals surface area contributed by atoms with Crippen molar-refractivity contribution in [1.82, 2.24) is 14.9 Å². The van der Waals surface area contributed by atoms with E-state index in [9.17, 15) is 14.0 Å². The van der Waals surface area contributed by atoms with E-state index in [4.69, 9.17) is 5.73 Å². The maximum atomic E-state index is 14.7. The third-order valence-electron chi connectivity index (χ3n) is 6.65. The Balaban J connectivity index is 1.53. The largest absolute Gasteiger partial charge is 0.369 e. The van der Waals surface area contributed by atoms with Crippen molar-refractivity contribution in [1.29, 1.82) is 0 Å². The van der Waals surface area contributed by atoms with Crippen LogP contribution in [0, 0.1) is 11.7 Å². The van der Waals surface area contributed by atoms with Crippen molar-refractivity contribution < 1.29 is 14.0 Å². The highest BCUT2D eigenvalue weighted by Crippen LogP contribution is 2.31. The summed E-state index contributed by atoms with van der Waals surface area (Å²) in [6.07, 6.45) is 6.37. The third kappa shape index (κ3) is 5.06. The molecule has 1 aliphatic carbocycles. The van der Waals surface area contributed by atoms with Gasteiger partial charge in [0, 0.05) is 43.5 Å². The molecule has 0 spiro atoms. The summed E-state index contributed by atoms with van der Waals surface area (Å²) in [5, 5.41) is 3.26. The molecule has 170 valence electrons. The van der Waals surface area contributed by atoms with Gasteiger partial charge >= 0.3 is 0 Å². The Kier molecular flexibility index (Phi) is 6.67. The van der Waals surface area contributed by atoms with E-state index in [1.165, 1.54) is 6.20 Å². The Hall–Kier alpha value is -3.03. The summed E-state index contributed by atoms with van der Waals surface area (Å²) in [6, 6.07) is 7.78. The molecule has 8 heteroatoms. The topological polar surface area (TPSA) is 101 Å². The fourth-order valence-corrected chi connectivity index (χ4v) is 4.88. The molecule has 7 nitrogen and oxygen atoms in total. The number of anilines is 1. The molecule has 3 atom stereocenters. The number of primary amides is 1. The number of rotatable bonds is 5. The number of nitrogens with zero attached hydrogens (tertiary/aromatic N) is 3. The summed E-state index contributed by atoms with van der Waals surface area (Å²) in [6.45, 7) is 3.07. The predicted molar refractivity (Wildman–Crippen MR) is 120 cm³/mol. The van der Waals surface area contributed by atoms with Crippen molar-refractivity contribution in [3.8, 4) is 11.3 Å². The van der Waals surface area contributed by atoms with Gasteiger partial charge in [-0.1, -0.05) is 24.6 Å². The molecule has 2 aromatic rings. The minimum absolute atomic E-state index is 0.0331. The van der Waals surface area contributed by atoms with Gasteiger partial charge < -0.3 is 16.0 Å². The second-order valence-corrected chi connectivity index (χ2v) is 8.93. The quantitative estimate of drug-likeness (QED) is 0.743. The maximum absolute atomic E-state index is 14.7. The number of nitrogens with two attached hydrogens (primary N) is 1. The van der Waals surface area contributed by atoms with Crippen LogP contribution in [0.3, 0.4) is 0 Å². The average molecular weight is 440 g/mol. The van der Waals surface area contributed by atoms with Crippen molar-refractivity contribution in [2.75, 3.05) is 18.4 Å². The van der Waals surface area contributed by atoms with Gasteiger partial charge in [-0.15, -0.1) is 0 Å². The summed E-state index contributed by atoms with van der Waals surface area (Å²) in [4.78, 5) is 33.8. The second-order valence-electron chi connectivity index (χ2n) is 8.93. The second kappa shape index (κ2) is 9.63. The molecule has 1 aromatic heterocycles. The van der Waals surface area contributed by atoms with Gasteiger partial charge in [-0.2, -0.15) is 0 Å². The van der Waals surface area contributed by atoms with Crippen LogP contribution in [-0.2, 0) is 9.59 Å². The van der Waals surface area contributed by atoms with Gasteiger partial charge in [0.15, 0.2) is 5.82 Å². The molecule has 2 aliphatic rings. The number of amides is 2. The van der Waals surface area contributed by atoms with Gasteiger partial charge in [0.1, 0.15) is 5.69 Å². The molecule has 1 unspecified atom stereocenters. The number of carbonyl (C=O) groups is 2. The van der Waals surface area contributed by atoms with Gasteiger partial charge in [0.05, 0.1) is 6.20 Å². The van der Waals surface area contributed by atoms with Crippen LogP contribution >= 0.6 is 0 Å². The molecule has 1 saturated carbocycles. The molecule has 0 bridgehead atoms. The Bertz CT molecular complexity index is 998. The zero-order chi connectivity index (χ0) is 22.7. The summed E-state index contributed by atoms with van der Waals surface area (Å²) in [7, 11) is 0. The first-order valence-corrected chi connectivity index (χ1v) is 11.3. The highest BCUT2D eigenvalue weighted by molar-refractivity contribution is 5.76. The molecule has 0 radical (unpaired) electrons. The van der Waals surface area contributed by atoms with Crippen LogP contribution < -0.4 is 11.1 Å². The van der Waals surface area contributed by atoms with E-state index in [1.807, 2.05) is 29.2 Å². The molecule has 4 rings (SSSR count). The number of nitrogens with one attached hydrogen (secondary N) is 1. The lowest BCUT2D eigenvalue weighted by Gasteiger charge is -2.32. The fourth-order valence-electron chi connectivity index (χ4n) is 4.88. The minimum Gasteiger partial charge on any atom is -0.369 e. The van der Waals surface area contributed by atoms with Crippen LogP contribution in [0.25, 0.3) is 11.3 Å². The molecule has 32 heavy (non-hydrogen) atoms. The van der Waals surface area contributed by atoms with Gasteiger partial charge in [-0.25, -0.2) is 14.4 Å². The SMILES string of the molecule is CC(=O)N1CCCC(c2cccc(-c3nc(N[C@@H]4CCC[C@H](C(N)=O)C4)ncc3F)c2)C1. The summed E-state index contributed by atoms with van der Waals surface area (Å²) < 4.78 is 14.7. The van der Waals surface area contributed by atoms with E-state index < -0.39 is 5.82 Å². The number of hydrogen-bond donors (Lipinski definition) is 2. The number of piperidine rings is 1. The number of hydrogen-bond acceptors (Lipinski definition) is 5. The molecule has 2 amide bonds. The Morgan fingerprint density at radius 1 is 1.22 bits per heavy atom. The standard InChI is InChI=1S/C24H30FN5O2/c1-15(31)30-10-4-8-19(14-30)16-5-2-6-17(11-16)22-21(25)13-27-24(29-22)28-20-9-3-7-18(12-20)23(26)32/h2,5-6,11,13,18-20H,3-4,7-10,12,14H2,1H3,(H2,26,32)(H,27,28,29)/t18-,19?,20+/m0/s1. The van der Waals surface area contributed by atoms with E-state index in [-0.39, 0.29) is 35.4 Å². The lowest BCUT2D eigenvalue weighted by atomic mass is 9.85. The third-order valence-corrected chi connectivity index (χ3v) is 6.65. The van der Waals surface area contributed by atoms with E-state index in [2.05, 4.69) is 15.3 Å². The van der Waals surface area contributed by atoms with Crippen molar-refractivity contribution >= 4 is 17.8 Å². The lowest BCUT2D eigenvalue weighted by Crippen LogP contribution is -2.37. The lowest BCUT2D eigenvalue weighted by molar-refractivity contribution is -0.130. The summed E-state index contributed by atoms with van der Waals surface area (Å²) >= 11 is 0. The molecule has 1 saturated heterocycles. The van der Waals surface area contributed by atoms with Crippen LogP contribution in [0.2, 0.25) is 0 Å². The van der Waals surface area contributed by atoms with Crippen molar-refractivity contribution in [3.63, 3.8) is 0 Å². The summed E-state index contributed by atoms with van der Waals surface area (Å²) in [5.74, 6) is -0.251. The maximum Gasteiger partial charge on any atom is 0.223 e. The van der Waals surface area contributed by atoms with Crippen LogP contribution in [0.5, 0.6) is 0 Å². The monoisotopic (exact) mass is 439 g/mol. The number of aromatic nitrogens is 2. The Morgan fingerprint density at radius 2 is 2.06 bits per heavy atom. The normalized spacial score (nSPS) is 23.6. The zero-order valence-electron chi connectivity index (χ0n) is 18.4. The highest BCUT2D eigenvalue weighted by atomic mass is 19.1. The smallest absolute Gasteiger partial charge is 0.223 e. The molecule has 1 aliphatic heterocycles. The molecule has 2 heterocycles. The minimum atomic E-state index is -0.486. The predicted octanol–water partition coefficient (Wildman–Crippen LogP) is 3.46. The van der Waals surface area contributed by atoms with Crippen LogP contribution in [-0.4, -0.2) is 45.8 Å². The number of halogens is 1. The van der Waals surface area contributed by atoms with Gasteiger partial charge in [0.2, 0.25) is 17.8 Å². The molecule has 1 aromatic carbocycles. The molecule has 3 N–H and O–H groups in total. The van der Waals surface area contributed by atoms with Crippen LogP contribution in [0.4, 0.5) is 10.3 Å². The van der Waals surface area contributed by atoms with Crippen molar-refractivity contribution in [2.45, 2.75) is 57.4 Å². The Labute approximate surface area is 187 Å². The highest BCUT2D eigenvalue weighted by Gasteiger charge is 2.27. The fraction of sp³-hybridized carbons (Fsp3) is 0.500. The number of carbonyl (C=O) groups excluding carboxylic acids is 2. The zero-order valence-corrected chi connectivity index (χ0v) is 18.4. The summed E-state index contributed by atoms with van der Waals surface area (Å²) in [5.41, 5.74) is 7.48. The first-order valence-electron chi connectivity index (χ1n) is 11.3. The van der Waals surface area contributed by atoms with E-state index in [0.717, 1.165) is 44.2 Å². The molecular weight excluding hydrogens is 409 g/mol. The van der Waals surface area contributed by atoms with Gasteiger partial charge in [0.25, 0.3) is 0 Å². The first kappa shape index (κ1) is 22.2. The average Bonchev–Trinajstić information content (AvgIpc) is 2.80. The van der Waals surface area contributed by atoms with Crippen LogP contribution in [0.1, 0.15) is 56.9 Å². The molecule has 2 fully saturated rings. The van der Waals surface area contributed by atoms with E-state index in [1.54, 1.807) is 6.92 Å². The van der Waals surface area contributed by atoms with E-state index in [0.29, 0.717) is 24.5 Å². The van der Waals surface area contributed by atoms with E-state index >= 15 is 0 Å². The van der Waals surface area contributed by atoms with Crippen LogP contribution in [0.15, 0.2) is 30.5 Å². The van der Waals surface area contributed by atoms with Crippen molar-refractivity contribution in [3.05, 3.63) is 41.8 Å². The molecular formula is C24H30FN5O2. The first-order chi connectivity index (χ1) is 15.4. The van der Waals surface area contributed by atoms with Crippen molar-refractivity contribution in [2.24, 2.45) is 11.7 Å². The number of likely N-dealkylation sites (tertiary alicyclic amines) is 1.